The van der Waals surface area contributed by atoms with Crippen molar-refractivity contribution in [3.63, 3.8) is 0 Å². The van der Waals surface area contributed by atoms with Gasteiger partial charge in [0.2, 0.25) is 0 Å². The third-order valence-electron chi connectivity index (χ3n) is 4.26. The largest absolute Gasteiger partial charge is 0.459 e. The molecule has 0 aliphatic carbocycles. The molecule has 0 spiro atoms. The van der Waals surface area contributed by atoms with Crippen molar-refractivity contribution >= 4 is 11.9 Å². The monoisotopic (exact) mass is 283 g/mol. The molecular weight excluding hydrogens is 258 g/mol. The second kappa shape index (κ2) is 7.04. The number of carbonyl (C=O) groups is 2. The van der Waals surface area contributed by atoms with E-state index < -0.39 is 11.9 Å². The highest BCUT2D eigenvalue weighted by atomic mass is 16.5. The fourth-order valence-corrected chi connectivity index (χ4v) is 2.97. The molecule has 6 nitrogen and oxygen atoms in total. The zero-order chi connectivity index (χ0) is 14.5. The highest BCUT2D eigenvalue weighted by Crippen LogP contribution is 2.17. The van der Waals surface area contributed by atoms with Crippen molar-refractivity contribution in [3.8, 4) is 0 Å². The molecule has 0 aromatic heterocycles. The summed E-state index contributed by atoms with van der Waals surface area (Å²) < 4.78 is 4.76. The SMILES string of the molecule is CCOC(=O)C(=O)N1CCN(C2CCN(C)CC2)CC1. The van der Waals surface area contributed by atoms with Gasteiger partial charge in [0.1, 0.15) is 0 Å². The summed E-state index contributed by atoms with van der Waals surface area (Å²) in [5.41, 5.74) is 0. The van der Waals surface area contributed by atoms with Crippen LogP contribution in [0.15, 0.2) is 0 Å². The van der Waals surface area contributed by atoms with Crippen LogP contribution in [0, 0.1) is 0 Å². The van der Waals surface area contributed by atoms with Crippen molar-refractivity contribution in [2.75, 3.05) is 52.9 Å². The lowest BCUT2D eigenvalue weighted by Gasteiger charge is -2.41. The van der Waals surface area contributed by atoms with Crippen LogP contribution < -0.4 is 0 Å². The summed E-state index contributed by atoms with van der Waals surface area (Å²) in [5.74, 6) is -1.21. The van der Waals surface area contributed by atoms with Gasteiger partial charge in [0, 0.05) is 32.2 Å². The number of hydrogen-bond acceptors (Lipinski definition) is 5. The van der Waals surface area contributed by atoms with Crippen LogP contribution in [0.25, 0.3) is 0 Å². The van der Waals surface area contributed by atoms with Crippen LogP contribution in [0.3, 0.4) is 0 Å². The van der Waals surface area contributed by atoms with Gasteiger partial charge in [0.25, 0.3) is 0 Å². The summed E-state index contributed by atoms with van der Waals surface area (Å²) in [6.07, 6.45) is 2.39. The lowest BCUT2D eigenvalue weighted by molar-refractivity contribution is -0.160. The first-order valence-corrected chi connectivity index (χ1v) is 7.50. The number of carbonyl (C=O) groups excluding carboxylic acids is 2. The normalized spacial score (nSPS) is 22.8. The first-order chi connectivity index (χ1) is 9.61. The third kappa shape index (κ3) is 3.70. The summed E-state index contributed by atoms with van der Waals surface area (Å²) in [7, 11) is 2.16. The molecule has 0 aromatic carbocycles. The van der Waals surface area contributed by atoms with Gasteiger partial charge in [0.05, 0.1) is 6.61 Å². The zero-order valence-electron chi connectivity index (χ0n) is 12.5. The molecule has 0 N–H and O–H groups in total. The Morgan fingerprint density at radius 1 is 1.05 bits per heavy atom. The number of esters is 1. The molecule has 2 aliphatic rings. The number of hydrogen-bond donors (Lipinski definition) is 0. The van der Waals surface area contributed by atoms with Gasteiger partial charge in [-0.25, -0.2) is 4.79 Å². The maximum Gasteiger partial charge on any atom is 0.397 e. The van der Waals surface area contributed by atoms with Crippen LogP contribution >= 0.6 is 0 Å². The summed E-state index contributed by atoms with van der Waals surface area (Å²) in [6, 6.07) is 0.631. The topological polar surface area (TPSA) is 53.1 Å². The fraction of sp³-hybridized carbons (Fsp3) is 0.857. The molecule has 114 valence electrons. The van der Waals surface area contributed by atoms with E-state index in [0.29, 0.717) is 19.1 Å². The maximum absolute atomic E-state index is 11.8. The number of likely N-dealkylation sites (tertiary alicyclic amines) is 1. The van der Waals surface area contributed by atoms with Gasteiger partial charge >= 0.3 is 11.9 Å². The molecular formula is C14H25N3O3. The summed E-state index contributed by atoms with van der Waals surface area (Å²) in [5, 5.41) is 0. The molecule has 0 radical (unpaired) electrons. The van der Waals surface area contributed by atoms with E-state index in [1.54, 1.807) is 11.8 Å². The van der Waals surface area contributed by atoms with E-state index in [4.69, 9.17) is 4.74 Å². The Labute approximate surface area is 120 Å². The van der Waals surface area contributed by atoms with Crippen LogP contribution in [0.4, 0.5) is 0 Å². The zero-order valence-corrected chi connectivity index (χ0v) is 12.5. The van der Waals surface area contributed by atoms with Gasteiger partial charge in [-0.3, -0.25) is 9.69 Å². The molecule has 2 fully saturated rings. The van der Waals surface area contributed by atoms with Crippen molar-refractivity contribution in [2.24, 2.45) is 0 Å². The van der Waals surface area contributed by atoms with Crippen molar-refractivity contribution < 1.29 is 14.3 Å². The highest BCUT2D eigenvalue weighted by molar-refractivity contribution is 6.32. The third-order valence-corrected chi connectivity index (χ3v) is 4.26. The van der Waals surface area contributed by atoms with E-state index >= 15 is 0 Å². The van der Waals surface area contributed by atoms with Gasteiger partial charge in [-0.15, -0.1) is 0 Å². The molecule has 2 heterocycles. The molecule has 20 heavy (non-hydrogen) atoms. The van der Waals surface area contributed by atoms with Crippen LogP contribution in [0.2, 0.25) is 0 Å². The average Bonchev–Trinajstić information content (AvgIpc) is 2.48. The number of rotatable bonds is 2. The Morgan fingerprint density at radius 2 is 1.65 bits per heavy atom. The molecule has 0 aromatic rings. The van der Waals surface area contributed by atoms with Crippen molar-refractivity contribution in [2.45, 2.75) is 25.8 Å². The number of nitrogens with zero attached hydrogens (tertiary/aromatic N) is 3. The number of ether oxygens (including phenoxy) is 1. The maximum atomic E-state index is 11.8. The van der Waals surface area contributed by atoms with Crippen LogP contribution in [-0.4, -0.2) is 85.5 Å². The molecule has 0 saturated carbocycles. The van der Waals surface area contributed by atoms with Gasteiger partial charge < -0.3 is 14.5 Å². The van der Waals surface area contributed by atoms with Crippen LogP contribution in [0.5, 0.6) is 0 Å². The molecule has 1 amide bonds. The second-order valence-electron chi connectivity index (χ2n) is 5.58. The van der Waals surface area contributed by atoms with Crippen molar-refractivity contribution in [1.29, 1.82) is 0 Å². The number of amides is 1. The predicted octanol–water partition coefficient (Wildman–Crippen LogP) is -0.212. The lowest BCUT2D eigenvalue weighted by atomic mass is 10.0. The molecule has 0 unspecified atom stereocenters. The molecule has 6 heteroatoms. The van der Waals surface area contributed by atoms with Crippen molar-refractivity contribution in [3.05, 3.63) is 0 Å². The van der Waals surface area contributed by atoms with E-state index in [-0.39, 0.29) is 6.61 Å². The molecule has 2 aliphatic heterocycles. The Balaban J connectivity index is 1.77. The van der Waals surface area contributed by atoms with E-state index in [1.165, 1.54) is 12.8 Å². The Kier molecular flexibility index (Phi) is 5.37. The van der Waals surface area contributed by atoms with Gasteiger partial charge in [-0.1, -0.05) is 0 Å². The van der Waals surface area contributed by atoms with E-state index in [2.05, 4.69) is 16.8 Å². The van der Waals surface area contributed by atoms with E-state index in [0.717, 1.165) is 26.2 Å². The Morgan fingerprint density at radius 3 is 2.20 bits per heavy atom. The summed E-state index contributed by atoms with van der Waals surface area (Å²) >= 11 is 0. The van der Waals surface area contributed by atoms with Gasteiger partial charge in [-0.2, -0.15) is 0 Å². The van der Waals surface area contributed by atoms with Crippen molar-refractivity contribution in [1.82, 2.24) is 14.7 Å². The minimum absolute atomic E-state index is 0.250. The number of piperazine rings is 1. The summed E-state index contributed by atoms with van der Waals surface area (Å²) in [4.78, 5) is 29.7. The highest BCUT2D eigenvalue weighted by Gasteiger charge is 2.30. The first kappa shape index (κ1) is 15.3. The molecule has 0 bridgehead atoms. The van der Waals surface area contributed by atoms with E-state index in [1.807, 2.05) is 0 Å². The molecule has 2 saturated heterocycles. The molecule has 2 rings (SSSR count). The molecule has 0 atom stereocenters. The van der Waals surface area contributed by atoms with E-state index in [9.17, 15) is 9.59 Å². The fourth-order valence-electron chi connectivity index (χ4n) is 2.97. The Bertz CT molecular complexity index is 346. The quantitative estimate of drug-likeness (QED) is 0.518. The smallest absolute Gasteiger partial charge is 0.397 e. The average molecular weight is 283 g/mol. The standard InChI is InChI=1S/C14H25N3O3/c1-3-20-14(19)13(18)17-10-8-16(9-11-17)12-4-6-15(2)7-5-12/h12H,3-11H2,1-2H3. The van der Waals surface area contributed by atoms with Crippen LogP contribution in [0.1, 0.15) is 19.8 Å². The second-order valence-corrected chi connectivity index (χ2v) is 5.58. The first-order valence-electron chi connectivity index (χ1n) is 7.50. The minimum Gasteiger partial charge on any atom is -0.459 e. The minimum atomic E-state index is -0.722. The lowest BCUT2D eigenvalue weighted by Crippen LogP contribution is -2.55. The summed E-state index contributed by atoms with van der Waals surface area (Å²) in [6.45, 7) is 7.23. The number of piperidine rings is 1. The van der Waals surface area contributed by atoms with Gasteiger partial charge in [-0.05, 0) is 39.9 Å². The predicted molar refractivity (Wildman–Crippen MR) is 75.3 cm³/mol. The Hall–Kier alpha value is -1.14. The van der Waals surface area contributed by atoms with Crippen LogP contribution in [-0.2, 0) is 14.3 Å². The van der Waals surface area contributed by atoms with Gasteiger partial charge in [0.15, 0.2) is 0 Å².